The SMILES string of the molecule is O=C(COc1ccc(Cl)cc1)N[C@H](c1ccccc1)C1CCCC1. The first-order valence-corrected chi connectivity index (χ1v) is 8.83. The Labute approximate surface area is 148 Å². The summed E-state index contributed by atoms with van der Waals surface area (Å²) in [5.41, 5.74) is 1.17. The highest BCUT2D eigenvalue weighted by atomic mass is 35.5. The first-order valence-electron chi connectivity index (χ1n) is 8.45. The van der Waals surface area contributed by atoms with Gasteiger partial charge in [-0.3, -0.25) is 4.79 Å². The van der Waals surface area contributed by atoms with Crippen molar-refractivity contribution in [2.24, 2.45) is 5.92 Å². The fraction of sp³-hybridized carbons (Fsp3) is 0.350. The number of hydrogen-bond donors (Lipinski definition) is 1. The zero-order valence-electron chi connectivity index (χ0n) is 13.6. The average Bonchev–Trinajstić information content (AvgIpc) is 3.14. The van der Waals surface area contributed by atoms with Crippen LogP contribution in [0.1, 0.15) is 37.3 Å². The molecule has 0 spiro atoms. The third kappa shape index (κ3) is 4.51. The van der Waals surface area contributed by atoms with Crippen LogP contribution in [-0.2, 0) is 4.79 Å². The topological polar surface area (TPSA) is 38.3 Å². The van der Waals surface area contributed by atoms with E-state index in [2.05, 4.69) is 17.4 Å². The Kier molecular flexibility index (Phi) is 5.76. The van der Waals surface area contributed by atoms with Crippen LogP contribution in [-0.4, -0.2) is 12.5 Å². The minimum Gasteiger partial charge on any atom is -0.484 e. The quantitative estimate of drug-likeness (QED) is 0.820. The Morgan fingerprint density at radius 1 is 1.08 bits per heavy atom. The van der Waals surface area contributed by atoms with Gasteiger partial charge in [0.05, 0.1) is 6.04 Å². The summed E-state index contributed by atoms with van der Waals surface area (Å²) in [7, 11) is 0. The second kappa shape index (κ2) is 8.20. The zero-order chi connectivity index (χ0) is 16.8. The number of benzene rings is 2. The van der Waals surface area contributed by atoms with E-state index < -0.39 is 0 Å². The van der Waals surface area contributed by atoms with Crippen LogP contribution in [0.4, 0.5) is 0 Å². The maximum absolute atomic E-state index is 12.4. The molecule has 1 aliphatic rings. The van der Waals surface area contributed by atoms with Gasteiger partial charge in [0.2, 0.25) is 0 Å². The van der Waals surface area contributed by atoms with E-state index >= 15 is 0 Å². The minimum atomic E-state index is -0.0919. The van der Waals surface area contributed by atoms with Gasteiger partial charge in [0.15, 0.2) is 6.61 Å². The van der Waals surface area contributed by atoms with Gasteiger partial charge in [0.1, 0.15) is 5.75 Å². The molecule has 4 heteroatoms. The van der Waals surface area contributed by atoms with Crippen molar-refractivity contribution in [3.63, 3.8) is 0 Å². The number of hydrogen-bond acceptors (Lipinski definition) is 2. The third-order valence-electron chi connectivity index (χ3n) is 4.53. The van der Waals surface area contributed by atoms with Crippen LogP contribution in [0, 0.1) is 5.92 Å². The highest BCUT2D eigenvalue weighted by Gasteiger charge is 2.27. The first-order chi connectivity index (χ1) is 11.7. The summed E-state index contributed by atoms with van der Waals surface area (Å²) in [4.78, 5) is 12.4. The highest BCUT2D eigenvalue weighted by Crippen LogP contribution is 2.35. The van der Waals surface area contributed by atoms with Gasteiger partial charge in [-0.2, -0.15) is 0 Å². The molecule has 1 N–H and O–H groups in total. The number of carbonyl (C=O) groups excluding carboxylic acids is 1. The smallest absolute Gasteiger partial charge is 0.258 e. The fourth-order valence-corrected chi connectivity index (χ4v) is 3.45. The largest absolute Gasteiger partial charge is 0.484 e. The molecule has 0 heterocycles. The Bertz CT molecular complexity index is 651. The van der Waals surface area contributed by atoms with Crippen molar-refractivity contribution in [1.82, 2.24) is 5.32 Å². The van der Waals surface area contributed by atoms with Gasteiger partial charge >= 0.3 is 0 Å². The van der Waals surface area contributed by atoms with Gasteiger partial charge in [-0.05, 0) is 48.6 Å². The summed E-state index contributed by atoms with van der Waals surface area (Å²) in [6, 6.07) is 17.3. The fourth-order valence-electron chi connectivity index (χ4n) is 3.32. The number of halogens is 1. The zero-order valence-corrected chi connectivity index (χ0v) is 14.3. The molecule has 1 atom stereocenters. The summed E-state index contributed by atoms with van der Waals surface area (Å²) >= 11 is 5.85. The van der Waals surface area contributed by atoms with Crippen molar-refractivity contribution in [2.45, 2.75) is 31.7 Å². The third-order valence-corrected chi connectivity index (χ3v) is 4.78. The summed E-state index contributed by atoms with van der Waals surface area (Å²) < 4.78 is 5.55. The van der Waals surface area contributed by atoms with E-state index in [0.717, 1.165) is 12.8 Å². The lowest BCUT2D eigenvalue weighted by Crippen LogP contribution is -2.35. The number of ether oxygens (including phenoxy) is 1. The number of nitrogens with one attached hydrogen (secondary N) is 1. The first kappa shape index (κ1) is 16.8. The minimum absolute atomic E-state index is 0.0116. The standard InChI is InChI=1S/C20H22ClNO2/c21-17-10-12-18(13-11-17)24-14-19(23)22-20(16-8-4-5-9-16)15-6-2-1-3-7-15/h1-3,6-7,10-13,16,20H,4-5,8-9,14H2,(H,22,23)/t20-/m1/s1. The summed E-state index contributed by atoms with van der Waals surface area (Å²) in [5, 5.41) is 3.82. The lowest BCUT2D eigenvalue weighted by atomic mass is 9.91. The van der Waals surface area contributed by atoms with Crippen molar-refractivity contribution in [1.29, 1.82) is 0 Å². The van der Waals surface area contributed by atoms with E-state index in [4.69, 9.17) is 16.3 Å². The van der Waals surface area contributed by atoms with Crippen molar-refractivity contribution >= 4 is 17.5 Å². The molecule has 1 aliphatic carbocycles. The van der Waals surface area contributed by atoms with E-state index in [0.29, 0.717) is 16.7 Å². The molecular formula is C20H22ClNO2. The molecule has 0 bridgehead atoms. The molecule has 1 fully saturated rings. The normalized spacial score (nSPS) is 15.9. The molecule has 2 aromatic carbocycles. The predicted molar refractivity (Wildman–Crippen MR) is 96.2 cm³/mol. The molecule has 3 nitrogen and oxygen atoms in total. The van der Waals surface area contributed by atoms with Crippen LogP contribution in [0.5, 0.6) is 5.75 Å². The van der Waals surface area contributed by atoms with Crippen LogP contribution < -0.4 is 10.1 Å². The number of carbonyl (C=O) groups is 1. The second-order valence-electron chi connectivity index (χ2n) is 6.24. The summed E-state index contributed by atoms with van der Waals surface area (Å²) in [6.45, 7) is 0.0116. The molecule has 0 aromatic heterocycles. The average molecular weight is 344 g/mol. The molecular weight excluding hydrogens is 322 g/mol. The van der Waals surface area contributed by atoms with Gasteiger partial charge in [0.25, 0.3) is 5.91 Å². The predicted octanol–water partition coefficient (Wildman–Crippen LogP) is 4.77. The lowest BCUT2D eigenvalue weighted by molar-refractivity contribution is -0.124. The maximum atomic E-state index is 12.4. The Morgan fingerprint density at radius 3 is 2.42 bits per heavy atom. The Balaban J connectivity index is 1.61. The van der Waals surface area contributed by atoms with E-state index in [1.165, 1.54) is 18.4 Å². The molecule has 0 radical (unpaired) electrons. The van der Waals surface area contributed by atoms with E-state index in [1.54, 1.807) is 24.3 Å². The Morgan fingerprint density at radius 2 is 1.75 bits per heavy atom. The van der Waals surface area contributed by atoms with Crippen LogP contribution >= 0.6 is 11.6 Å². The van der Waals surface area contributed by atoms with Crippen molar-refractivity contribution < 1.29 is 9.53 Å². The summed E-state index contributed by atoms with van der Waals surface area (Å²) in [6.07, 6.45) is 4.81. The van der Waals surface area contributed by atoms with Gasteiger partial charge in [0, 0.05) is 5.02 Å². The van der Waals surface area contributed by atoms with Crippen LogP contribution in [0.3, 0.4) is 0 Å². The van der Waals surface area contributed by atoms with Gasteiger partial charge in [-0.15, -0.1) is 0 Å². The Hall–Kier alpha value is -2.00. The molecule has 1 saturated carbocycles. The van der Waals surface area contributed by atoms with E-state index in [9.17, 15) is 4.79 Å². The molecule has 126 valence electrons. The molecule has 0 aliphatic heterocycles. The molecule has 0 unspecified atom stereocenters. The van der Waals surface area contributed by atoms with Crippen LogP contribution in [0.15, 0.2) is 54.6 Å². The monoisotopic (exact) mass is 343 g/mol. The number of amides is 1. The summed E-state index contributed by atoms with van der Waals surface area (Å²) in [5.74, 6) is 1.06. The van der Waals surface area contributed by atoms with Crippen LogP contribution in [0.2, 0.25) is 5.02 Å². The van der Waals surface area contributed by atoms with Crippen molar-refractivity contribution in [3.8, 4) is 5.75 Å². The lowest BCUT2D eigenvalue weighted by Gasteiger charge is -2.25. The second-order valence-corrected chi connectivity index (χ2v) is 6.68. The van der Waals surface area contributed by atoms with E-state index in [1.807, 2.05) is 18.2 Å². The maximum Gasteiger partial charge on any atom is 0.258 e. The van der Waals surface area contributed by atoms with Gasteiger partial charge < -0.3 is 10.1 Å². The van der Waals surface area contributed by atoms with Crippen LogP contribution in [0.25, 0.3) is 0 Å². The molecule has 1 amide bonds. The van der Waals surface area contributed by atoms with Gasteiger partial charge in [-0.1, -0.05) is 54.8 Å². The number of rotatable bonds is 6. The van der Waals surface area contributed by atoms with Crippen molar-refractivity contribution in [3.05, 3.63) is 65.2 Å². The molecule has 0 saturated heterocycles. The van der Waals surface area contributed by atoms with E-state index in [-0.39, 0.29) is 18.6 Å². The molecule has 2 aromatic rings. The van der Waals surface area contributed by atoms with Gasteiger partial charge in [-0.25, -0.2) is 0 Å². The molecule has 24 heavy (non-hydrogen) atoms. The molecule has 3 rings (SSSR count). The van der Waals surface area contributed by atoms with Crippen molar-refractivity contribution in [2.75, 3.05) is 6.61 Å². The highest BCUT2D eigenvalue weighted by molar-refractivity contribution is 6.30.